The molecule has 30 heavy (non-hydrogen) atoms. The minimum atomic E-state index is -0.723. The predicted octanol–water partition coefficient (Wildman–Crippen LogP) is 5.75. The first kappa shape index (κ1) is 24.0. The van der Waals surface area contributed by atoms with Crippen molar-refractivity contribution in [3.8, 4) is 11.5 Å². The zero-order valence-corrected chi connectivity index (χ0v) is 18.9. The molecule has 0 aliphatic rings. The number of hydrogen-bond donors (Lipinski definition) is 0. The van der Waals surface area contributed by atoms with Gasteiger partial charge in [-0.15, -0.1) is 0 Å². The summed E-state index contributed by atoms with van der Waals surface area (Å²) >= 11 is 13.1. The maximum Gasteiger partial charge on any atom is 0.360 e. The average molecular weight is 454 g/mol. The molecule has 8 heteroatoms. The van der Waals surface area contributed by atoms with Crippen LogP contribution in [-0.2, 0) is 25.8 Å². The van der Waals surface area contributed by atoms with Gasteiger partial charge in [0.2, 0.25) is 0 Å². The molecule has 2 aromatic rings. The lowest BCUT2D eigenvalue weighted by atomic mass is 10.1. The van der Waals surface area contributed by atoms with Crippen LogP contribution in [0.25, 0.3) is 0 Å². The number of nitrogens with zero attached hydrogens (tertiary/aromatic N) is 1. The maximum absolute atomic E-state index is 11.9. The van der Waals surface area contributed by atoms with Gasteiger partial charge in [-0.1, -0.05) is 55.2 Å². The first-order chi connectivity index (χ1) is 14.3. The van der Waals surface area contributed by atoms with Crippen molar-refractivity contribution in [2.45, 2.75) is 40.2 Å². The van der Waals surface area contributed by atoms with E-state index in [9.17, 15) is 9.59 Å². The molecule has 0 radical (unpaired) electrons. The van der Waals surface area contributed by atoms with Gasteiger partial charge in [0.25, 0.3) is 0 Å². The fourth-order valence-electron chi connectivity index (χ4n) is 3.12. The average Bonchev–Trinajstić information content (AvgIpc) is 2.71. The van der Waals surface area contributed by atoms with Crippen LogP contribution in [0.4, 0.5) is 0 Å². The van der Waals surface area contributed by atoms with Crippen LogP contribution in [0.15, 0.2) is 36.4 Å². The van der Waals surface area contributed by atoms with Gasteiger partial charge in [0.1, 0.15) is 11.5 Å². The molecule has 2 aromatic carbocycles. The summed E-state index contributed by atoms with van der Waals surface area (Å²) in [6.45, 7) is 9.04. The van der Waals surface area contributed by atoms with Gasteiger partial charge < -0.3 is 4.74 Å². The Bertz CT molecular complexity index is 899. The molecule has 0 fully saturated rings. The molecule has 1 atom stereocenters. The molecular formula is C22H25Cl2NO5. The zero-order valence-electron chi connectivity index (χ0n) is 17.4. The number of carbonyl (C=O) groups is 2. The Labute approximate surface area is 186 Å². The summed E-state index contributed by atoms with van der Waals surface area (Å²) in [5, 5.41) is 0.976. The van der Waals surface area contributed by atoms with Crippen LogP contribution in [0.1, 0.15) is 44.9 Å². The predicted molar refractivity (Wildman–Crippen MR) is 116 cm³/mol. The highest BCUT2D eigenvalue weighted by Crippen LogP contribution is 2.41. The molecule has 0 bridgehead atoms. The number of halogens is 2. The molecule has 0 saturated heterocycles. The summed E-state index contributed by atoms with van der Waals surface area (Å²) in [5.74, 6) is -0.575. The number of benzene rings is 2. The minimum absolute atomic E-state index is 0.00231. The summed E-state index contributed by atoms with van der Waals surface area (Å²) in [6, 6.07) is 10.4. The van der Waals surface area contributed by atoms with Gasteiger partial charge >= 0.3 is 11.9 Å². The van der Waals surface area contributed by atoms with Crippen LogP contribution in [0.2, 0.25) is 10.0 Å². The molecule has 0 saturated carbocycles. The zero-order chi connectivity index (χ0) is 22.3. The smallest absolute Gasteiger partial charge is 0.360 e. The lowest BCUT2D eigenvalue weighted by Crippen LogP contribution is -2.26. The van der Waals surface area contributed by atoms with Gasteiger partial charge in [-0.3, -0.25) is 4.90 Å². The summed E-state index contributed by atoms with van der Waals surface area (Å²) in [5.41, 5.74) is 1.34. The van der Waals surface area contributed by atoms with Crippen molar-refractivity contribution < 1.29 is 24.1 Å². The van der Waals surface area contributed by atoms with E-state index in [1.807, 2.05) is 6.92 Å². The van der Waals surface area contributed by atoms with E-state index in [0.29, 0.717) is 27.1 Å². The summed E-state index contributed by atoms with van der Waals surface area (Å²) in [6.07, 6.45) is -0.141. The monoisotopic (exact) mass is 453 g/mol. The van der Waals surface area contributed by atoms with E-state index in [4.69, 9.17) is 27.9 Å². The Hall–Kier alpha value is -2.28. The van der Waals surface area contributed by atoms with E-state index in [-0.39, 0.29) is 12.5 Å². The lowest BCUT2D eigenvalue weighted by molar-refractivity contribution is -0.256. The topological polar surface area (TPSA) is 65.1 Å². The number of rotatable bonds is 8. The van der Waals surface area contributed by atoms with Crippen LogP contribution in [0, 0.1) is 0 Å². The summed E-state index contributed by atoms with van der Waals surface area (Å²) in [7, 11) is 0. The fourth-order valence-corrected chi connectivity index (χ4v) is 3.85. The Kier molecular flexibility index (Phi) is 8.96. The van der Waals surface area contributed by atoms with Crippen LogP contribution in [0.3, 0.4) is 0 Å². The van der Waals surface area contributed by atoms with Crippen LogP contribution < -0.4 is 4.74 Å². The third-order valence-corrected chi connectivity index (χ3v) is 5.37. The SMILES string of the molecule is CCN(CC)C(C)c1c(Cl)ccc(Oc2ccccc2CC(=O)OOC(C)=O)c1Cl. The third-order valence-electron chi connectivity index (χ3n) is 4.65. The molecule has 6 nitrogen and oxygen atoms in total. The summed E-state index contributed by atoms with van der Waals surface area (Å²) < 4.78 is 6.03. The van der Waals surface area contributed by atoms with Crippen molar-refractivity contribution in [2.75, 3.05) is 13.1 Å². The first-order valence-electron chi connectivity index (χ1n) is 9.64. The Morgan fingerprint density at radius 2 is 1.67 bits per heavy atom. The minimum Gasteiger partial charge on any atom is -0.455 e. The van der Waals surface area contributed by atoms with E-state index >= 15 is 0 Å². The molecule has 2 rings (SSSR count). The van der Waals surface area contributed by atoms with Crippen molar-refractivity contribution in [3.63, 3.8) is 0 Å². The van der Waals surface area contributed by atoms with Crippen LogP contribution in [0.5, 0.6) is 11.5 Å². The van der Waals surface area contributed by atoms with Crippen LogP contribution in [-0.4, -0.2) is 29.9 Å². The lowest BCUT2D eigenvalue weighted by Gasteiger charge is -2.28. The molecule has 0 aliphatic heterocycles. The quantitative estimate of drug-likeness (QED) is 0.374. The largest absolute Gasteiger partial charge is 0.455 e. The molecule has 1 unspecified atom stereocenters. The van der Waals surface area contributed by atoms with E-state index in [1.54, 1.807) is 36.4 Å². The van der Waals surface area contributed by atoms with Gasteiger partial charge in [-0.2, -0.15) is 0 Å². The standard InChI is InChI=1S/C22H25Cl2NO5/c1-5-25(6-2)14(3)21-17(23)11-12-19(22(21)24)28-18-10-8-7-9-16(18)13-20(27)30-29-15(4)26/h7-12,14H,5-6,13H2,1-4H3. The Morgan fingerprint density at radius 3 is 2.30 bits per heavy atom. The van der Waals surface area contributed by atoms with Crippen molar-refractivity contribution in [1.82, 2.24) is 4.90 Å². The molecule has 0 aliphatic carbocycles. The van der Waals surface area contributed by atoms with Gasteiger partial charge in [0.05, 0.1) is 11.4 Å². The second kappa shape index (κ2) is 11.2. The maximum atomic E-state index is 11.9. The summed E-state index contributed by atoms with van der Waals surface area (Å²) in [4.78, 5) is 33.7. The van der Waals surface area contributed by atoms with E-state index in [2.05, 4.69) is 28.5 Å². The molecule has 0 N–H and O–H groups in total. The highest BCUT2D eigenvalue weighted by molar-refractivity contribution is 6.37. The highest BCUT2D eigenvalue weighted by atomic mass is 35.5. The van der Waals surface area contributed by atoms with Gasteiger partial charge in [-0.25, -0.2) is 19.4 Å². The van der Waals surface area contributed by atoms with Gasteiger partial charge in [0, 0.05) is 29.1 Å². The molecule has 0 amide bonds. The molecule has 162 valence electrons. The number of hydrogen-bond acceptors (Lipinski definition) is 6. The third kappa shape index (κ3) is 6.11. The highest BCUT2D eigenvalue weighted by Gasteiger charge is 2.22. The number of para-hydroxylation sites is 1. The van der Waals surface area contributed by atoms with Crippen molar-refractivity contribution in [3.05, 3.63) is 57.6 Å². The number of ether oxygens (including phenoxy) is 1. The Balaban J connectivity index is 2.30. The molecule has 0 aromatic heterocycles. The molecule has 0 heterocycles. The van der Waals surface area contributed by atoms with E-state index in [1.165, 1.54) is 0 Å². The Morgan fingerprint density at radius 1 is 1.00 bits per heavy atom. The van der Waals surface area contributed by atoms with Crippen molar-refractivity contribution >= 4 is 35.1 Å². The van der Waals surface area contributed by atoms with Crippen molar-refractivity contribution in [1.29, 1.82) is 0 Å². The van der Waals surface area contributed by atoms with E-state index < -0.39 is 11.9 Å². The van der Waals surface area contributed by atoms with Crippen molar-refractivity contribution in [2.24, 2.45) is 0 Å². The van der Waals surface area contributed by atoms with Gasteiger partial charge in [0.15, 0.2) is 0 Å². The van der Waals surface area contributed by atoms with E-state index in [0.717, 1.165) is 25.6 Å². The van der Waals surface area contributed by atoms with Crippen LogP contribution >= 0.6 is 23.2 Å². The molecule has 0 spiro atoms. The van der Waals surface area contributed by atoms with Gasteiger partial charge in [-0.05, 0) is 38.2 Å². The second-order valence-electron chi connectivity index (χ2n) is 6.59. The first-order valence-corrected chi connectivity index (χ1v) is 10.4. The fraction of sp³-hybridized carbons (Fsp3) is 0.364. The normalized spacial score (nSPS) is 11.8. The number of carbonyl (C=O) groups excluding carboxylic acids is 2. The molecular weight excluding hydrogens is 429 g/mol. The second-order valence-corrected chi connectivity index (χ2v) is 7.37.